The lowest BCUT2D eigenvalue weighted by atomic mass is 10.1. The second-order valence-electron chi connectivity index (χ2n) is 4.64. The first-order valence-electron chi connectivity index (χ1n) is 6.50. The van der Waals surface area contributed by atoms with Crippen molar-refractivity contribution in [3.8, 4) is 6.19 Å². The lowest BCUT2D eigenvalue weighted by Gasteiger charge is -2.28. The average molecular weight is 290 g/mol. The number of hydrogen-bond donors (Lipinski definition) is 2. The van der Waals surface area contributed by atoms with Crippen LogP contribution in [0.5, 0.6) is 0 Å². The Bertz CT molecular complexity index is 624. The molecule has 110 valence electrons. The van der Waals surface area contributed by atoms with Crippen molar-refractivity contribution in [3.05, 3.63) is 23.8 Å². The van der Waals surface area contributed by atoms with E-state index >= 15 is 0 Å². The molecule has 1 atom stereocenters. The number of nitrogens with two attached hydrogens (primary N) is 1. The maximum Gasteiger partial charge on any atom is 0.247 e. The fourth-order valence-electron chi connectivity index (χ4n) is 2.28. The molecule has 0 aliphatic carbocycles. The minimum atomic E-state index is -0.612. The molecule has 1 aliphatic heterocycles. The highest BCUT2D eigenvalue weighted by Gasteiger charge is 2.32. The summed E-state index contributed by atoms with van der Waals surface area (Å²) in [6.45, 7) is 1.97. The summed E-state index contributed by atoms with van der Waals surface area (Å²) in [6, 6.07) is -0.612. The number of halogens is 1. The van der Waals surface area contributed by atoms with Gasteiger partial charge in [0.25, 0.3) is 0 Å². The van der Waals surface area contributed by atoms with Crippen LogP contribution in [0.3, 0.4) is 0 Å². The Balaban J connectivity index is 2.48. The van der Waals surface area contributed by atoms with Crippen LogP contribution in [0.4, 0.5) is 10.1 Å². The second-order valence-corrected chi connectivity index (χ2v) is 4.64. The normalized spacial score (nSPS) is 18.5. The number of carbonyl (C=O) groups excluding carboxylic acids is 1. The number of nitriles is 1. The van der Waals surface area contributed by atoms with Gasteiger partial charge in [-0.2, -0.15) is 5.26 Å². The van der Waals surface area contributed by atoms with Crippen molar-refractivity contribution in [1.29, 1.82) is 5.26 Å². The minimum Gasteiger partial charge on any atom is -0.369 e. The molecule has 0 spiro atoms. The van der Waals surface area contributed by atoms with E-state index in [9.17, 15) is 9.18 Å². The summed E-state index contributed by atoms with van der Waals surface area (Å²) in [7, 11) is 0. The number of rotatable bonds is 2. The van der Waals surface area contributed by atoms with Crippen molar-refractivity contribution in [2.24, 2.45) is 10.7 Å². The molecule has 3 N–H and O–H groups in total. The molecule has 2 heterocycles. The summed E-state index contributed by atoms with van der Waals surface area (Å²) < 4.78 is 13.9. The van der Waals surface area contributed by atoms with Gasteiger partial charge in [-0.3, -0.25) is 9.78 Å². The lowest BCUT2D eigenvalue weighted by Crippen LogP contribution is -2.48. The van der Waals surface area contributed by atoms with Crippen molar-refractivity contribution in [2.45, 2.75) is 32.4 Å². The lowest BCUT2D eigenvalue weighted by molar-refractivity contribution is -0.120. The third-order valence-electron chi connectivity index (χ3n) is 3.29. The van der Waals surface area contributed by atoms with Gasteiger partial charge in [-0.05, 0) is 6.42 Å². The number of nitrogens with one attached hydrogen (secondary N) is 1. The van der Waals surface area contributed by atoms with Crippen molar-refractivity contribution in [2.75, 3.05) is 5.32 Å². The highest BCUT2D eigenvalue weighted by Crippen LogP contribution is 2.26. The first-order valence-corrected chi connectivity index (χ1v) is 6.50. The van der Waals surface area contributed by atoms with E-state index in [2.05, 4.69) is 15.3 Å². The standard InChI is InChI=1S/C13H15FN6O/c1-2-3-11-12(21)19-10-5-17-4-9(14)8(10)6-20(11)13(16)18-7-15/h4-5,11H,2-3,6H2,1H3,(H2,16,18)(H,19,21)/t11-/m0/s1. The zero-order chi connectivity index (χ0) is 15.4. The van der Waals surface area contributed by atoms with Crippen molar-refractivity contribution in [1.82, 2.24) is 9.88 Å². The zero-order valence-electron chi connectivity index (χ0n) is 11.5. The molecule has 1 aliphatic rings. The molecule has 1 amide bonds. The molecule has 2 rings (SSSR count). The largest absolute Gasteiger partial charge is 0.369 e. The number of fused-ring (bicyclic) bond motifs is 1. The number of nitrogens with zero attached hydrogens (tertiary/aromatic N) is 4. The van der Waals surface area contributed by atoms with Crippen LogP contribution in [0, 0.1) is 17.3 Å². The van der Waals surface area contributed by atoms with E-state index in [0.29, 0.717) is 12.1 Å². The van der Waals surface area contributed by atoms with Crippen molar-refractivity contribution in [3.63, 3.8) is 0 Å². The van der Waals surface area contributed by atoms with E-state index in [-0.39, 0.29) is 24.0 Å². The maximum atomic E-state index is 13.9. The highest BCUT2D eigenvalue weighted by atomic mass is 19.1. The van der Waals surface area contributed by atoms with Crippen LogP contribution in [0.15, 0.2) is 17.4 Å². The summed E-state index contributed by atoms with van der Waals surface area (Å²) in [5.41, 5.74) is 6.34. The molecule has 1 aromatic rings. The van der Waals surface area contributed by atoms with E-state index < -0.39 is 11.9 Å². The van der Waals surface area contributed by atoms with Crippen LogP contribution in [0.2, 0.25) is 0 Å². The summed E-state index contributed by atoms with van der Waals surface area (Å²) in [4.78, 5) is 20.9. The molecule has 0 saturated carbocycles. The van der Waals surface area contributed by atoms with E-state index in [1.165, 1.54) is 11.1 Å². The van der Waals surface area contributed by atoms with Gasteiger partial charge < -0.3 is 16.0 Å². The van der Waals surface area contributed by atoms with Crippen LogP contribution in [0.25, 0.3) is 0 Å². The monoisotopic (exact) mass is 290 g/mol. The Kier molecular flexibility index (Phi) is 4.33. The second kappa shape index (κ2) is 6.17. The molecule has 0 saturated heterocycles. The van der Waals surface area contributed by atoms with Gasteiger partial charge in [0.05, 0.1) is 24.6 Å². The number of pyridine rings is 1. The first-order chi connectivity index (χ1) is 10.1. The van der Waals surface area contributed by atoms with Gasteiger partial charge in [0.2, 0.25) is 18.1 Å². The van der Waals surface area contributed by atoms with E-state index in [1.807, 2.05) is 6.92 Å². The van der Waals surface area contributed by atoms with Gasteiger partial charge in [-0.15, -0.1) is 4.99 Å². The zero-order valence-corrected chi connectivity index (χ0v) is 11.5. The maximum absolute atomic E-state index is 13.9. The Morgan fingerprint density at radius 2 is 2.48 bits per heavy atom. The molecule has 0 fully saturated rings. The van der Waals surface area contributed by atoms with Gasteiger partial charge in [0.1, 0.15) is 11.9 Å². The third kappa shape index (κ3) is 2.91. The number of anilines is 1. The SMILES string of the molecule is CCC[C@H]1C(=O)Nc2cncc(F)c2CN1C(N)=NC#N. The van der Waals surface area contributed by atoms with Crippen LogP contribution in [-0.2, 0) is 11.3 Å². The van der Waals surface area contributed by atoms with E-state index in [0.717, 1.165) is 12.6 Å². The van der Waals surface area contributed by atoms with Crippen LogP contribution < -0.4 is 11.1 Å². The summed E-state index contributed by atoms with van der Waals surface area (Å²) in [6.07, 6.45) is 5.28. The minimum absolute atomic E-state index is 0.0457. The van der Waals surface area contributed by atoms with Gasteiger partial charge in [-0.1, -0.05) is 13.3 Å². The van der Waals surface area contributed by atoms with Gasteiger partial charge in [0, 0.05) is 5.56 Å². The molecular formula is C13H15FN6O. The number of amides is 1. The number of hydrogen-bond acceptors (Lipinski definition) is 4. The first kappa shape index (κ1) is 14.7. The van der Waals surface area contributed by atoms with E-state index in [1.54, 1.807) is 6.19 Å². The molecule has 0 unspecified atom stereocenters. The Morgan fingerprint density at radius 3 is 3.14 bits per heavy atom. The Morgan fingerprint density at radius 1 is 1.71 bits per heavy atom. The fourth-order valence-corrected chi connectivity index (χ4v) is 2.28. The molecule has 7 nitrogen and oxygen atoms in total. The number of aromatic nitrogens is 1. The van der Waals surface area contributed by atoms with Gasteiger partial charge >= 0.3 is 0 Å². The number of aliphatic imine (C=N–C) groups is 1. The van der Waals surface area contributed by atoms with Crippen molar-refractivity contribution < 1.29 is 9.18 Å². The molecule has 0 bridgehead atoms. The molecule has 0 aromatic carbocycles. The fraction of sp³-hybridized carbons (Fsp3) is 0.385. The predicted octanol–water partition coefficient (Wildman–Crippen LogP) is 0.939. The number of guanidine groups is 1. The van der Waals surface area contributed by atoms with Crippen LogP contribution in [-0.4, -0.2) is 27.8 Å². The Labute approximate surface area is 121 Å². The summed E-state index contributed by atoms with van der Waals surface area (Å²) in [5.74, 6) is -0.964. The van der Waals surface area contributed by atoms with Crippen molar-refractivity contribution >= 4 is 17.6 Å². The van der Waals surface area contributed by atoms with Gasteiger partial charge in [-0.25, -0.2) is 4.39 Å². The molecule has 21 heavy (non-hydrogen) atoms. The topological polar surface area (TPSA) is 107 Å². The smallest absolute Gasteiger partial charge is 0.247 e. The predicted molar refractivity (Wildman–Crippen MR) is 74.3 cm³/mol. The summed E-state index contributed by atoms with van der Waals surface area (Å²) >= 11 is 0. The van der Waals surface area contributed by atoms with Gasteiger partial charge in [0.15, 0.2) is 0 Å². The quantitative estimate of drug-likeness (QED) is 0.479. The molecule has 0 radical (unpaired) electrons. The third-order valence-corrected chi connectivity index (χ3v) is 3.29. The molecular weight excluding hydrogens is 275 g/mol. The highest BCUT2D eigenvalue weighted by molar-refractivity contribution is 5.99. The average Bonchev–Trinajstić information content (AvgIpc) is 2.58. The van der Waals surface area contributed by atoms with Crippen LogP contribution >= 0.6 is 0 Å². The number of carbonyl (C=O) groups is 1. The molecule has 8 heteroatoms. The Hall–Kier alpha value is -2.69. The summed E-state index contributed by atoms with van der Waals surface area (Å²) in [5, 5.41) is 11.3. The van der Waals surface area contributed by atoms with Crippen LogP contribution in [0.1, 0.15) is 25.3 Å². The molecule has 1 aromatic heterocycles. The van der Waals surface area contributed by atoms with E-state index in [4.69, 9.17) is 11.0 Å².